The first kappa shape index (κ1) is 22.0. The lowest BCUT2D eigenvalue weighted by atomic mass is 9.97. The van der Waals surface area contributed by atoms with Crippen molar-refractivity contribution in [3.05, 3.63) is 0 Å². The molecule has 0 aromatic rings. The van der Waals surface area contributed by atoms with Crippen LogP contribution in [0.25, 0.3) is 0 Å². The van der Waals surface area contributed by atoms with Crippen molar-refractivity contribution in [1.29, 1.82) is 0 Å². The smallest absolute Gasteiger partial charge is 0.469 e. The molecule has 0 aromatic heterocycles. The van der Waals surface area contributed by atoms with Gasteiger partial charge >= 0.3 is 28.2 Å². The molecule has 0 rings (SSSR count). The van der Waals surface area contributed by atoms with Gasteiger partial charge in [-0.15, -0.1) is 13.6 Å². The van der Waals surface area contributed by atoms with Crippen LogP contribution in [0.4, 0.5) is 0 Å². The summed E-state index contributed by atoms with van der Waals surface area (Å²) in [5.41, 5.74) is -0.587. The molecule has 0 aliphatic heterocycles. The van der Waals surface area contributed by atoms with Crippen molar-refractivity contribution in [2.24, 2.45) is 5.41 Å². The van der Waals surface area contributed by atoms with Crippen molar-refractivity contribution in [1.82, 2.24) is 0 Å². The minimum absolute atomic E-state index is 0.00352. The lowest BCUT2D eigenvalue weighted by Gasteiger charge is -2.16. The summed E-state index contributed by atoms with van der Waals surface area (Å²) in [5.74, 6) is -1.12. The fraction of sp³-hybridized carbons (Fsp3) is 0.833. The highest BCUT2D eigenvalue weighted by atomic mass is 31.1. The van der Waals surface area contributed by atoms with Gasteiger partial charge in [0.1, 0.15) is 13.2 Å². The van der Waals surface area contributed by atoms with Gasteiger partial charge in [-0.2, -0.15) is 0 Å². The van der Waals surface area contributed by atoms with E-state index in [9.17, 15) is 18.7 Å². The number of rotatable bonds is 12. The third-order valence-electron chi connectivity index (χ3n) is 2.40. The number of methoxy groups -OCH3 is 2. The van der Waals surface area contributed by atoms with E-state index in [2.05, 4.69) is 14.0 Å². The summed E-state index contributed by atoms with van der Waals surface area (Å²) in [6, 6.07) is 0. The summed E-state index contributed by atoms with van der Waals surface area (Å²) in [6.45, 7) is 3.11. The summed E-state index contributed by atoms with van der Waals surface area (Å²) in [7, 11) is -2.03. The van der Waals surface area contributed by atoms with Gasteiger partial charge in [-0.05, 0) is 4.57 Å². The molecular weight excluding hydrogens is 350 g/mol. The predicted molar refractivity (Wildman–Crippen MR) is 80.4 cm³/mol. The predicted octanol–water partition coefficient (Wildman–Crippen LogP) is 2.20. The quantitative estimate of drug-likeness (QED) is 0.375. The first-order chi connectivity index (χ1) is 10.7. The molecule has 2 unspecified atom stereocenters. The molecule has 0 saturated heterocycles. The summed E-state index contributed by atoms with van der Waals surface area (Å²) >= 11 is 0. The zero-order valence-electron chi connectivity index (χ0n) is 13.6. The average Bonchev–Trinajstić information content (AvgIpc) is 2.53. The Morgan fingerprint density at radius 1 is 0.913 bits per heavy atom. The van der Waals surface area contributed by atoms with E-state index in [0.717, 1.165) is 0 Å². The highest BCUT2D eigenvalue weighted by Crippen LogP contribution is 2.31. The van der Waals surface area contributed by atoms with Gasteiger partial charge in [0.05, 0.1) is 20.6 Å². The normalized spacial score (nSPS) is 12.5. The van der Waals surface area contributed by atoms with E-state index in [1.165, 1.54) is 14.2 Å². The first-order valence-electron chi connectivity index (χ1n) is 6.64. The molecule has 0 spiro atoms. The molecule has 11 heteroatoms. The molecule has 0 radical (unpaired) electrons. The van der Waals surface area contributed by atoms with Gasteiger partial charge in [0.25, 0.3) is 0 Å². The van der Waals surface area contributed by atoms with Crippen molar-refractivity contribution in [3.63, 3.8) is 0 Å². The topological polar surface area (TPSA) is 114 Å². The average molecular weight is 372 g/mol. The summed E-state index contributed by atoms with van der Waals surface area (Å²) in [6.07, 6.45) is 0.0747. The van der Waals surface area contributed by atoms with Crippen molar-refractivity contribution >= 4 is 28.2 Å². The Bertz CT molecular complexity index is 398. The van der Waals surface area contributed by atoms with E-state index in [4.69, 9.17) is 9.05 Å². The lowest BCUT2D eigenvalue weighted by molar-refractivity contribution is -0.143. The van der Waals surface area contributed by atoms with Gasteiger partial charge in [0.2, 0.25) is 6.61 Å². The summed E-state index contributed by atoms with van der Waals surface area (Å²) < 4.78 is 46.6. The summed E-state index contributed by atoms with van der Waals surface area (Å²) in [4.78, 5) is 21.7. The molecule has 9 nitrogen and oxygen atoms in total. The minimum Gasteiger partial charge on any atom is -0.469 e. The lowest BCUT2D eigenvalue weighted by Crippen LogP contribution is -2.23. The maximum atomic E-state index is 11.6. The third kappa shape index (κ3) is 12.1. The maximum absolute atomic E-state index is 11.6. The van der Waals surface area contributed by atoms with Crippen LogP contribution in [-0.2, 0) is 41.8 Å². The Morgan fingerprint density at radius 3 is 2.04 bits per heavy atom. The van der Waals surface area contributed by atoms with E-state index >= 15 is 0 Å². The van der Waals surface area contributed by atoms with E-state index in [1.54, 1.807) is 13.8 Å². The molecule has 0 saturated carbocycles. The van der Waals surface area contributed by atoms with E-state index in [-0.39, 0.29) is 25.8 Å². The second-order valence-corrected chi connectivity index (χ2v) is 7.50. The Hall–Kier alpha value is -0.980. The number of carbonyl (C=O) groups is 2. The highest BCUT2D eigenvalue weighted by molar-refractivity contribution is 7.39. The van der Waals surface area contributed by atoms with Crippen LogP contribution in [0, 0.1) is 5.41 Å². The zero-order valence-corrected chi connectivity index (χ0v) is 15.4. The van der Waals surface area contributed by atoms with Crippen molar-refractivity contribution in [2.45, 2.75) is 20.3 Å². The van der Waals surface area contributed by atoms with E-state index in [1.807, 2.05) is 0 Å². The molecular formula is C12H22O9P2+2. The fourth-order valence-corrected chi connectivity index (χ4v) is 2.79. The molecule has 0 aliphatic carbocycles. The molecule has 0 aliphatic rings. The first-order valence-corrected chi connectivity index (χ1v) is 9.10. The molecule has 0 aromatic carbocycles. The fourth-order valence-electron chi connectivity index (χ4n) is 1.07. The highest BCUT2D eigenvalue weighted by Gasteiger charge is 2.32. The van der Waals surface area contributed by atoms with Gasteiger partial charge in [-0.3, -0.25) is 4.79 Å². The monoisotopic (exact) mass is 372 g/mol. The summed E-state index contributed by atoms with van der Waals surface area (Å²) in [5, 5.41) is 0. The molecule has 0 heterocycles. The molecule has 23 heavy (non-hydrogen) atoms. The number of hydrogen-bond acceptors (Lipinski definition) is 9. The molecule has 2 atom stereocenters. The number of carbonyl (C=O) groups excluding carboxylic acids is 2. The number of ether oxygens (including phenoxy) is 2. The van der Waals surface area contributed by atoms with E-state index in [0.29, 0.717) is 0 Å². The minimum atomic E-state index is -2.47. The van der Waals surface area contributed by atoms with Crippen LogP contribution >= 0.6 is 16.3 Å². The van der Waals surface area contributed by atoms with E-state index < -0.39 is 40.2 Å². The van der Waals surface area contributed by atoms with Gasteiger partial charge in [-0.1, -0.05) is 13.8 Å². The second kappa shape index (κ2) is 11.5. The zero-order chi connectivity index (χ0) is 17.9. The van der Waals surface area contributed by atoms with Crippen LogP contribution < -0.4 is 0 Å². The Balaban J connectivity index is 3.99. The van der Waals surface area contributed by atoms with Crippen molar-refractivity contribution < 1.29 is 41.8 Å². The Labute approximate surface area is 136 Å². The van der Waals surface area contributed by atoms with Crippen LogP contribution in [0.15, 0.2) is 0 Å². The van der Waals surface area contributed by atoms with Gasteiger partial charge in [-0.25, -0.2) is 4.79 Å². The SMILES string of the molecule is COC(=O)CC[P+](=O)OCC(C)(C)CO[P+](=O)OCC(=O)OC. The molecule has 132 valence electrons. The molecule has 0 N–H and O–H groups in total. The van der Waals surface area contributed by atoms with Crippen LogP contribution in [0.1, 0.15) is 20.3 Å². The number of esters is 2. The van der Waals surface area contributed by atoms with Crippen LogP contribution in [-0.4, -0.2) is 52.1 Å². The number of hydrogen-bond donors (Lipinski definition) is 0. The second-order valence-electron chi connectivity index (χ2n) is 5.17. The largest absolute Gasteiger partial charge is 0.698 e. The van der Waals surface area contributed by atoms with Crippen molar-refractivity contribution in [3.8, 4) is 0 Å². The van der Waals surface area contributed by atoms with Crippen LogP contribution in [0.3, 0.4) is 0 Å². The van der Waals surface area contributed by atoms with Gasteiger partial charge < -0.3 is 9.47 Å². The standard InChI is InChI=1S/C12H22O9P2/c1-12(2,8-20-22(15)6-5-10(13)17-3)9-21-23(16)19-7-11(14)18-4/h5-9H2,1-4H3/q+2. The van der Waals surface area contributed by atoms with Crippen LogP contribution in [0.5, 0.6) is 0 Å². The van der Waals surface area contributed by atoms with Gasteiger partial charge in [0, 0.05) is 9.98 Å². The third-order valence-corrected chi connectivity index (χ3v) is 4.09. The molecule has 0 fully saturated rings. The van der Waals surface area contributed by atoms with Crippen molar-refractivity contribution in [2.75, 3.05) is 40.2 Å². The Kier molecular flexibility index (Phi) is 11.0. The molecule has 0 amide bonds. The van der Waals surface area contributed by atoms with Gasteiger partial charge in [0.15, 0.2) is 6.16 Å². The van der Waals surface area contributed by atoms with Crippen LogP contribution in [0.2, 0.25) is 0 Å². The Morgan fingerprint density at radius 2 is 1.48 bits per heavy atom. The maximum Gasteiger partial charge on any atom is 0.698 e. The molecule has 0 bridgehead atoms.